The van der Waals surface area contributed by atoms with Gasteiger partial charge in [-0.05, 0) is 187 Å². The molecule has 0 bridgehead atoms. The highest BCUT2D eigenvalue weighted by molar-refractivity contribution is 5.98. The third kappa shape index (κ3) is 29.6. The first-order valence-corrected chi connectivity index (χ1v) is 29.9. The van der Waals surface area contributed by atoms with E-state index in [9.17, 15) is 58.2 Å². The highest BCUT2D eigenvalue weighted by Gasteiger charge is 2.42. The van der Waals surface area contributed by atoms with Crippen LogP contribution in [0.5, 0.6) is 0 Å². The summed E-state index contributed by atoms with van der Waals surface area (Å²) in [4.78, 5) is 147. The summed E-state index contributed by atoms with van der Waals surface area (Å²) in [6.07, 6.45) is 6.03. The lowest BCUT2D eigenvalue weighted by Crippen LogP contribution is -2.61. The summed E-state index contributed by atoms with van der Waals surface area (Å²) in [6.45, 7) is 9.72. The quantitative estimate of drug-likeness (QED) is 0.0269. The number of nitrogens with two attached hydrogens (primary N) is 5. The lowest BCUT2D eigenvalue weighted by molar-refractivity contribution is -0.144. The summed E-state index contributed by atoms with van der Waals surface area (Å²) in [5.41, 5.74) is 28.7. The first-order chi connectivity index (χ1) is 39.9. The Morgan fingerprint density at radius 2 is 0.857 bits per heavy atom. The molecule has 2 fully saturated rings. The van der Waals surface area contributed by atoms with Crippen molar-refractivity contribution in [2.24, 2.45) is 34.6 Å². The van der Waals surface area contributed by atoms with Gasteiger partial charge in [0.1, 0.15) is 54.4 Å². The van der Waals surface area contributed by atoms with E-state index < -0.39 is 126 Å². The van der Waals surface area contributed by atoms with Gasteiger partial charge in [-0.25, -0.2) is 4.79 Å². The topological polar surface area (TPSA) is 490 Å². The Balaban J connectivity index is 0.00000852. The molecule has 2 heterocycles. The van der Waals surface area contributed by atoms with Crippen LogP contribution in [0.2, 0.25) is 0 Å². The molecule has 29 nitrogen and oxygen atoms in total. The molecule has 22 N–H and O–H groups in total. The SMILES string of the molecule is CC(=O)O.CC(C)C[C@H](NC(=O)[C@H](CCCCN)NC(=O)[C@H](CCCCN)NC(=O)[C@H](C)NC(=O)[C@H](CCCCN)NC(=O)[C@H](CCCCN)NC(=O)[C@@H]1CCCN1C(=O)[C@@H](NC(=O)[C@H](CCCCN)NC(=O)[C@@H]1CCCN1)[C@@H](C)O)C(=O)O. The number of hydrogen-bond donors (Lipinski definition) is 17. The van der Waals surface area contributed by atoms with Crippen LogP contribution >= 0.6 is 0 Å². The van der Waals surface area contributed by atoms with Crippen molar-refractivity contribution in [2.75, 3.05) is 45.8 Å². The van der Waals surface area contributed by atoms with Gasteiger partial charge < -0.3 is 96.7 Å². The zero-order valence-corrected chi connectivity index (χ0v) is 50.2. The second kappa shape index (κ2) is 42.7. The highest BCUT2D eigenvalue weighted by Crippen LogP contribution is 2.21. The van der Waals surface area contributed by atoms with Crippen molar-refractivity contribution in [3.05, 3.63) is 0 Å². The van der Waals surface area contributed by atoms with Crippen molar-refractivity contribution in [1.29, 1.82) is 0 Å². The fourth-order valence-electron chi connectivity index (χ4n) is 9.57. The number of carboxylic acids is 2. The van der Waals surface area contributed by atoms with Gasteiger partial charge in [-0.2, -0.15) is 0 Å². The smallest absolute Gasteiger partial charge is 0.326 e. The molecule has 0 aromatic carbocycles. The summed E-state index contributed by atoms with van der Waals surface area (Å²) in [6, 6.07) is -11.4. The van der Waals surface area contributed by atoms with E-state index in [1.807, 2.05) is 13.8 Å². The number of carboxylic acid groups (broad SMARTS) is 2. The first kappa shape index (κ1) is 75.9. The summed E-state index contributed by atoms with van der Waals surface area (Å²) in [5, 5.41) is 52.6. The molecule has 0 aromatic rings. The maximum atomic E-state index is 14.3. The molecular weight excluding hydrogens is 1090 g/mol. The van der Waals surface area contributed by atoms with Gasteiger partial charge in [0.05, 0.1) is 12.1 Å². The van der Waals surface area contributed by atoms with E-state index in [0.717, 1.165) is 13.3 Å². The van der Waals surface area contributed by atoms with Gasteiger partial charge in [-0.1, -0.05) is 13.8 Å². The van der Waals surface area contributed by atoms with Crippen LogP contribution in [0.4, 0.5) is 0 Å². The van der Waals surface area contributed by atoms with Crippen LogP contribution in [0, 0.1) is 5.92 Å². The predicted molar refractivity (Wildman–Crippen MR) is 313 cm³/mol. The van der Waals surface area contributed by atoms with Crippen LogP contribution in [0.3, 0.4) is 0 Å². The standard InChI is InChI=1S/C53H99N15O12.C2H4O2/c1-32(2)31-41(53(79)80)66-49(75)38(19-7-12-26-56)64-47(73)37(18-6-11-25-55)61-44(70)33(3)60-46(72)36(17-5-10-24-54)63-48(74)39(20-8-13-27-57)65-51(77)42-23-16-30-68(42)52(78)43(34(4)69)67-50(76)40(21-9-14-28-58)62-45(71)35-22-15-29-59-35;1-2(3)4/h32-43,59,69H,5-31,54-58H2,1-4H3,(H,60,72)(H,61,70)(H,62,71)(H,63,74)(H,64,73)(H,65,77)(H,66,75)(H,67,76)(H,79,80);1H3,(H,3,4)/t33-,34+,35-,36-,37-,38-,39-,40-,41-,42-,43-;/m0./s1. The highest BCUT2D eigenvalue weighted by atomic mass is 16.4. The van der Waals surface area contributed by atoms with Crippen molar-refractivity contribution in [1.82, 2.24) is 52.8 Å². The second-order valence-electron chi connectivity index (χ2n) is 22.1. The molecule has 84 heavy (non-hydrogen) atoms. The van der Waals surface area contributed by atoms with E-state index in [1.54, 1.807) is 0 Å². The summed E-state index contributed by atoms with van der Waals surface area (Å²) >= 11 is 0. The Bertz CT molecular complexity index is 2060. The molecular formula is C55H103N15O14. The number of aliphatic carboxylic acids is 2. The minimum Gasteiger partial charge on any atom is -0.481 e. The average Bonchev–Trinajstić information content (AvgIpc) is 4.24. The van der Waals surface area contributed by atoms with E-state index in [1.165, 1.54) is 18.7 Å². The maximum Gasteiger partial charge on any atom is 0.326 e. The van der Waals surface area contributed by atoms with Crippen LogP contribution in [0.25, 0.3) is 0 Å². The molecule has 29 heteroatoms. The molecule has 0 aromatic heterocycles. The number of unbranched alkanes of at least 4 members (excludes halogenated alkanes) is 5. The number of carbonyl (C=O) groups excluding carboxylic acids is 9. The Labute approximate surface area is 494 Å². The molecule has 2 aliphatic rings. The van der Waals surface area contributed by atoms with Crippen LogP contribution in [0.15, 0.2) is 0 Å². The van der Waals surface area contributed by atoms with Gasteiger partial charge in [-0.3, -0.25) is 47.9 Å². The fraction of sp³-hybridized carbons (Fsp3) is 0.800. The number of aliphatic hydroxyl groups is 1. The molecule has 0 saturated carbocycles. The van der Waals surface area contributed by atoms with Crippen molar-refractivity contribution in [2.45, 2.75) is 230 Å². The number of amides is 9. The first-order valence-electron chi connectivity index (χ1n) is 29.9. The Morgan fingerprint density at radius 3 is 1.23 bits per heavy atom. The van der Waals surface area contributed by atoms with E-state index in [4.69, 9.17) is 38.6 Å². The number of carbonyl (C=O) groups is 11. The van der Waals surface area contributed by atoms with Crippen LogP contribution in [-0.2, 0) is 52.7 Å². The molecule has 0 unspecified atom stereocenters. The van der Waals surface area contributed by atoms with Gasteiger partial charge in [0, 0.05) is 13.5 Å². The number of rotatable bonds is 41. The van der Waals surface area contributed by atoms with Crippen molar-refractivity contribution >= 4 is 65.1 Å². The van der Waals surface area contributed by atoms with Gasteiger partial charge in [0.2, 0.25) is 53.2 Å². The molecule has 2 rings (SSSR count). The van der Waals surface area contributed by atoms with E-state index in [-0.39, 0.29) is 76.4 Å². The van der Waals surface area contributed by atoms with E-state index in [2.05, 4.69) is 47.9 Å². The van der Waals surface area contributed by atoms with Gasteiger partial charge in [0.25, 0.3) is 5.97 Å². The number of hydrogen-bond acceptors (Lipinski definition) is 18. The van der Waals surface area contributed by atoms with Gasteiger partial charge in [-0.15, -0.1) is 0 Å². The minimum atomic E-state index is -1.49. The number of aliphatic hydroxyl groups excluding tert-OH is 1. The third-order valence-corrected chi connectivity index (χ3v) is 14.2. The monoisotopic (exact) mass is 1200 g/mol. The summed E-state index contributed by atoms with van der Waals surface area (Å²) in [7, 11) is 0. The molecule has 9 amide bonds. The number of nitrogens with one attached hydrogen (secondary N) is 9. The zero-order chi connectivity index (χ0) is 63.3. The second-order valence-corrected chi connectivity index (χ2v) is 22.1. The van der Waals surface area contributed by atoms with Crippen LogP contribution < -0.4 is 76.5 Å². The van der Waals surface area contributed by atoms with Crippen LogP contribution in [-0.4, -0.2) is 198 Å². The lowest BCUT2D eigenvalue weighted by atomic mass is 10.0. The lowest BCUT2D eigenvalue weighted by Gasteiger charge is -2.32. The predicted octanol–water partition coefficient (Wildman–Crippen LogP) is -3.12. The minimum absolute atomic E-state index is 0.0603. The Morgan fingerprint density at radius 1 is 0.488 bits per heavy atom. The Hall–Kier alpha value is -6.11. The molecule has 0 spiro atoms. The molecule has 0 radical (unpaired) electrons. The van der Waals surface area contributed by atoms with Crippen molar-refractivity contribution < 1.29 is 68.1 Å². The molecule has 0 aliphatic carbocycles. The summed E-state index contributed by atoms with van der Waals surface area (Å²) < 4.78 is 0. The van der Waals surface area contributed by atoms with Crippen molar-refractivity contribution in [3.8, 4) is 0 Å². The van der Waals surface area contributed by atoms with E-state index >= 15 is 0 Å². The van der Waals surface area contributed by atoms with Gasteiger partial charge >= 0.3 is 5.97 Å². The number of likely N-dealkylation sites (tertiary alicyclic amines) is 1. The summed E-state index contributed by atoms with van der Waals surface area (Å²) in [5.74, 6) is -8.28. The molecule has 2 saturated heterocycles. The van der Waals surface area contributed by atoms with E-state index in [0.29, 0.717) is 103 Å². The van der Waals surface area contributed by atoms with Crippen molar-refractivity contribution in [3.63, 3.8) is 0 Å². The fourth-order valence-corrected chi connectivity index (χ4v) is 9.57. The normalized spacial score (nSPS) is 17.9. The largest absolute Gasteiger partial charge is 0.481 e. The average molecular weight is 1200 g/mol. The van der Waals surface area contributed by atoms with Crippen LogP contribution in [0.1, 0.15) is 163 Å². The van der Waals surface area contributed by atoms with Gasteiger partial charge in [0.15, 0.2) is 0 Å². The number of nitrogens with zero attached hydrogens (tertiary/aromatic N) is 1. The Kier molecular flexibility index (Phi) is 38.5. The zero-order valence-electron chi connectivity index (χ0n) is 50.2. The molecule has 11 atom stereocenters. The maximum absolute atomic E-state index is 14.3. The molecule has 2 aliphatic heterocycles. The third-order valence-electron chi connectivity index (χ3n) is 14.2. The molecule has 482 valence electrons.